The summed E-state index contributed by atoms with van der Waals surface area (Å²) in [6.45, 7) is 3.57. The van der Waals surface area contributed by atoms with Gasteiger partial charge < -0.3 is 10.1 Å². The van der Waals surface area contributed by atoms with Crippen molar-refractivity contribution in [1.82, 2.24) is 0 Å². The average Bonchev–Trinajstić information content (AvgIpc) is 2.55. The molecule has 6 heteroatoms. The lowest BCUT2D eigenvalue weighted by atomic mass is 10.2. The van der Waals surface area contributed by atoms with Gasteiger partial charge >= 0.3 is 0 Å². The maximum atomic E-state index is 12.3. The normalized spacial score (nSPS) is 11.6. The molecule has 0 aliphatic carbocycles. The van der Waals surface area contributed by atoms with Crippen LogP contribution >= 0.6 is 0 Å². The highest BCUT2D eigenvalue weighted by Crippen LogP contribution is 2.26. The van der Waals surface area contributed by atoms with Gasteiger partial charge in [0.25, 0.3) is 11.6 Å². The SMILES string of the molecule is CC[C@H](Oc1ccccc1)C(=O)Nc1ccc(C)cc1[N+](=O)[O-]. The third kappa shape index (κ3) is 4.29. The minimum Gasteiger partial charge on any atom is -0.481 e. The molecule has 0 heterocycles. The lowest BCUT2D eigenvalue weighted by Gasteiger charge is -2.17. The van der Waals surface area contributed by atoms with Crippen LogP contribution in [-0.4, -0.2) is 16.9 Å². The molecule has 0 saturated heterocycles. The molecule has 1 amide bonds. The van der Waals surface area contributed by atoms with Crippen LogP contribution in [0.25, 0.3) is 0 Å². The van der Waals surface area contributed by atoms with Crippen LogP contribution in [0.4, 0.5) is 11.4 Å². The van der Waals surface area contributed by atoms with Crippen LogP contribution < -0.4 is 10.1 Å². The molecule has 0 spiro atoms. The largest absolute Gasteiger partial charge is 0.481 e. The molecule has 0 saturated carbocycles. The van der Waals surface area contributed by atoms with Crippen molar-refractivity contribution >= 4 is 17.3 Å². The van der Waals surface area contributed by atoms with Gasteiger partial charge in [0.15, 0.2) is 6.10 Å². The minimum atomic E-state index is -0.724. The Hall–Kier alpha value is -2.89. The zero-order valence-corrected chi connectivity index (χ0v) is 13.0. The van der Waals surface area contributed by atoms with Crippen LogP contribution in [-0.2, 0) is 4.79 Å². The second-order valence-corrected chi connectivity index (χ2v) is 5.09. The molecule has 0 fully saturated rings. The van der Waals surface area contributed by atoms with E-state index in [0.29, 0.717) is 12.2 Å². The van der Waals surface area contributed by atoms with Crippen LogP contribution in [0.15, 0.2) is 48.5 Å². The molecule has 0 aliphatic heterocycles. The van der Waals surface area contributed by atoms with Gasteiger partial charge in [-0.1, -0.05) is 31.2 Å². The number of anilines is 1. The number of para-hydroxylation sites is 1. The first-order valence-corrected chi connectivity index (χ1v) is 7.29. The standard InChI is InChI=1S/C17H18N2O4/c1-3-16(23-13-7-5-4-6-8-13)17(20)18-14-10-9-12(2)11-15(14)19(21)22/h4-11,16H,3H2,1-2H3,(H,18,20)/t16-/m0/s1. The summed E-state index contributed by atoms with van der Waals surface area (Å²) in [6.07, 6.45) is -0.279. The second kappa shape index (κ2) is 7.40. The highest BCUT2D eigenvalue weighted by atomic mass is 16.6. The van der Waals surface area contributed by atoms with Gasteiger partial charge in [-0.3, -0.25) is 14.9 Å². The number of amides is 1. The summed E-state index contributed by atoms with van der Waals surface area (Å²) in [4.78, 5) is 22.9. The predicted molar refractivity (Wildman–Crippen MR) is 87.6 cm³/mol. The lowest BCUT2D eigenvalue weighted by molar-refractivity contribution is -0.384. The summed E-state index contributed by atoms with van der Waals surface area (Å²) in [6, 6.07) is 13.6. The van der Waals surface area contributed by atoms with Crippen LogP contribution in [0.2, 0.25) is 0 Å². The molecule has 0 unspecified atom stereocenters. The van der Waals surface area contributed by atoms with E-state index in [9.17, 15) is 14.9 Å². The summed E-state index contributed by atoms with van der Waals surface area (Å²) in [5, 5.41) is 13.7. The van der Waals surface area contributed by atoms with Gasteiger partial charge in [-0.2, -0.15) is 0 Å². The zero-order valence-electron chi connectivity index (χ0n) is 13.0. The van der Waals surface area contributed by atoms with Crippen LogP contribution in [0.3, 0.4) is 0 Å². The fourth-order valence-corrected chi connectivity index (χ4v) is 2.10. The number of nitrogens with one attached hydrogen (secondary N) is 1. The molecule has 120 valence electrons. The van der Waals surface area contributed by atoms with Gasteiger partial charge in [-0.25, -0.2) is 0 Å². The molecular formula is C17H18N2O4. The summed E-state index contributed by atoms with van der Waals surface area (Å²) in [5.74, 6) is 0.163. The molecule has 0 aliphatic rings. The first-order valence-electron chi connectivity index (χ1n) is 7.29. The Morgan fingerprint density at radius 1 is 1.26 bits per heavy atom. The minimum absolute atomic E-state index is 0.132. The smallest absolute Gasteiger partial charge is 0.293 e. The molecule has 1 N–H and O–H groups in total. The van der Waals surface area contributed by atoms with E-state index in [0.717, 1.165) is 5.56 Å². The quantitative estimate of drug-likeness (QED) is 0.651. The highest BCUT2D eigenvalue weighted by Gasteiger charge is 2.22. The van der Waals surface area contributed by atoms with Crippen LogP contribution in [0.1, 0.15) is 18.9 Å². The summed E-state index contributed by atoms with van der Waals surface area (Å²) in [5.41, 5.74) is 0.788. The molecule has 0 radical (unpaired) electrons. The monoisotopic (exact) mass is 314 g/mol. The number of hydrogen-bond donors (Lipinski definition) is 1. The van der Waals surface area contributed by atoms with E-state index in [2.05, 4.69) is 5.32 Å². The van der Waals surface area contributed by atoms with Crippen molar-refractivity contribution in [1.29, 1.82) is 0 Å². The van der Waals surface area contributed by atoms with Crippen molar-refractivity contribution in [2.24, 2.45) is 0 Å². The second-order valence-electron chi connectivity index (χ2n) is 5.09. The highest BCUT2D eigenvalue weighted by molar-refractivity contribution is 5.96. The molecule has 0 bridgehead atoms. The van der Waals surface area contributed by atoms with Gasteiger partial charge in [0.05, 0.1) is 4.92 Å². The van der Waals surface area contributed by atoms with E-state index in [1.54, 1.807) is 25.1 Å². The third-order valence-corrected chi connectivity index (χ3v) is 3.29. The summed E-state index contributed by atoms with van der Waals surface area (Å²) >= 11 is 0. The van der Waals surface area contributed by atoms with E-state index in [1.807, 2.05) is 25.1 Å². The Bertz CT molecular complexity index is 701. The molecule has 0 aromatic heterocycles. The molecular weight excluding hydrogens is 296 g/mol. The number of ether oxygens (including phenoxy) is 1. The number of carbonyl (C=O) groups excluding carboxylic acids is 1. The maximum Gasteiger partial charge on any atom is 0.293 e. The van der Waals surface area contributed by atoms with E-state index in [4.69, 9.17) is 4.74 Å². The van der Waals surface area contributed by atoms with Crippen LogP contribution in [0.5, 0.6) is 5.75 Å². The Balaban J connectivity index is 2.15. The van der Waals surface area contributed by atoms with Gasteiger partial charge in [0, 0.05) is 6.07 Å². The van der Waals surface area contributed by atoms with E-state index >= 15 is 0 Å². The summed E-state index contributed by atoms with van der Waals surface area (Å²) in [7, 11) is 0. The molecule has 2 aromatic rings. The topological polar surface area (TPSA) is 81.5 Å². The van der Waals surface area contributed by atoms with Crippen LogP contribution in [0, 0.1) is 17.0 Å². The molecule has 2 aromatic carbocycles. The van der Waals surface area contributed by atoms with Crippen molar-refractivity contribution in [2.75, 3.05) is 5.32 Å². The fourth-order valence-electron chi connectivity index (χ4n) is 2.10. The number of rotatable bonds is 6. The number of hydrogen-bond acceptors (Lipinski definition) is 4. The van der Waals surface area contributed by atoms with Gasteiger partial charge in [0.1, 0.15) is 11.4 Å². The number of carbonyl (C=O) groups is 1. The predicted octanol–water partition coefficient (Wildman–Crippen LogP) is 3.70. The van der Waals surface area contributed by atoms with Gasteiger partial charge in [-0.15, -0.1) is 0 Å². The zero-order chi connectivity index (χ0) is 16.8. The van der Waals surface area contributed by atoms with Crippen molar-refractivity contribution in [3.05, 3.63) is 64.2 Å². The number of nitro benzene ring substituents is 1. The third-order valence-electron chi connectivity index (χ3n) is 3.29. The average molecular weight is 314 g/mol. The van der Waals surface area contributed by atoms with Crippen molar-refractivity contribution in [2.45, 2.75) is 26.4 Å². The number of aryl methyl sites for hydroxylation is 1. The Morgan fingerprint density at radius 3 is 2.57 bits per heavy atom. The van der Waals surface area contributed by atoms with E-state index in [1.165, 1.54) is 12.1 Å². The Morgan fingerprint density at radius 2 is 1.96 bits per heavy atom. The summed E-state index contributed by atoms with van der Waals surface area (Å²) < 4.78 is 5.64. The van der Waals surface area contributed by atoms with Crippen molar-refractivity contribution in [3.63, 3.8) is 0 Å². The van der Waals surface area contributed by atoms with Crippen molar-refractivity contribution < 1.29 is 14.5 Å². The maximum absolute atomic E-state index is 12.3. The molecule has 6 nitrogen and oxygen atoms in total. The van der Waals surface area contributed by atoms with E-state index < -0.39 is 16.9 Å². The Kier molecular flexibility index (Phi) is 5.30. The first kappa shape index (κ1) is 16.5. The van der Waals surface area contributed by atoms with Crippen molar-refractivity contribution in [3.8, 4) is 5.75 Å². The van der Waals surface area contributed by atoms with Gasteiger partial charge in [0.2, 0.25) is 0 Å². The number of benzene rings is 2. The first-order chi connectivity index (χ1) is 11.0. The molecule has 23 heavy (non-hydrogen) atoms. The van der Waals surface area contributed by atoms with Gasteiger partial charge in [-0.05, 0) is 37.1 Å². The molecule has 1 atom stereocenters. The van der Waals surface area contributed by atoms with E-state index in [-0.39, 0.29) is 11.4 Å². The molecule has 2 rings (SSSR count). The number of nitrogens with zero attached hydrogens (tertiary/aromatic N) is 1. The fraction of sp³-hybridized carbons (Fsp3) is 0.235. The Labute approximate surface area is 134 Å². The lowest BCUT2D eigenvalue weighted by Crippen LogP contribution is -2.32. The number of nitro groups is 1.